The van der Waals surface area contributed by atoms with Gasteiger partial charge in [0.2, 0.25) is 0 Å². The number of ketones is 1. The number of alkyl halides is 2. The van der Waals surface area contributed by atoms with Crippen molar-refractivity contribution in [3.8, 4) is 11.5 Å². The van der Waals surface area contributed by atoms with Crippen molar-refractivity contribution in [3.05, 3.63) is 70.8 Å². The fraction of sp³-hybridized carbons (Fsp3) is 0.227. The number of Topliss-reactive ketones (excluding diaryl/α,β-unsaturated/α-hetero) is 1. The maximum absolute atomic E-state index is 13.5. The van der Waals surface area contributed by atoms with E-state index in [0.717, 1.165) is 12.5 Å². The molecule has 0 aliphatic rings. The highest BCUT2D eigenvalue weighted by Gasteiger charge is 2.24. The first-order valence-corrected chi connectivity index (χ1v) is 8.54. The number of phenols is 1. The average Bonchev–Trinajstić information content (AvgIpc) is 2.61. The maximum Gasteiger partial charge on any atom is 0.270 e. The van der Waals surface area contributed by atoms with Gasteiger partial charge < -0.3 is 9.84 Å². The SMILES string of the molecule is CC(=O)c1cc(O)c2ccccc2c1OCc1ccc(C(C)(F)F)cc1C. The van der Waals surface area contributed by atoms with Gasteiger partial charge in [-0.15, -0.1) is 0 Å². The molecule has 3 aromatic carbocycles. The van der Waals surface area contributed by atoms with Crippen molar-refractivity contribution in [3.63, 3.8) is 0 Å². The minimum absolute atomic E-state index is 0.00820. The predicted molar refractivity (Wildman–Crippen MR) is 101 cm³/mol. The van der Waals surface area contributed by atoms with Crippen LogP contribution in [0.2, 0.25) is 0 Å². The summed E-state index contributed by atoms with van der Waals surface area (Å²) in [7, 11) is 0. The molecule has 0 atom stereocenters. The fourth-order valence-electron chi connectivity index (χ4n) is 3.03. The highest BCUT2D eigenvalue weighted by molar-refractivity contribution is 6.05. The largest absolute Gasteiger partial charge is 0.507 e. The maximum atomic E-state index is 13.5. The summed E-state index contributed by atoms with van der Waals surface area (Å²) in [5.74, 6) is -2.75. The van der Waals surface area contributed by atoms with Gasteiger partial charge in [0.05, 0.1) is 5.56 Å². The van der Waals surface area contributed by atoms with E-state index >= 15 is 0 Å². The Morgan fingerprint density at radius 1 is 1.11 bits per heavy atom. The molecule has 0 spiro atoms. The van der Waals surface area contributed by atoms with E-state index in [1.54, 1.807) is 37.3 Å². The molecular formula is C22H20F2O3. The minimum Gasteiger partial charge on any atom is -0.507 e. The number of benzene rings is 3. The summed E-state index contributed by atoms with van der Waals surface area (Å²) < 4.78 is 32.9. The van der Waals surface area contributed by atoms with Crippen molar-refractivity contribution < 1.29 is 23.4 Å². The zero-order valence-corrected chi connectivity index (χ0v) is 15.3. The Balaban J connectivity index is 1.99. The standard InChI is InChI=1S/C22H20F2O3/c1-13-10-16(22(3,23)24)9-8-15(13)12-27-21-18-7-5-4-6-17(18)20(26)11-19(21)14(2)25/h4-11,26H,12H2,1-3H3. The first-order chi connectivity index (χ1) is 12.7. The van der Waals surface area contributed by atoms with Crippen molar-refractivity contribution in [1.82, 2.24) is 0 Å². The third-order valence-corrected chi connectivity index (χ3v) is 4.57. The van der Waals surface area contributed by atoms with Crippen molar-refractivity contribution in [2.75, 3.05) is 0 Å². The van der Waals surface area contributed by atoms with Gasteiger partial charge in [0, 0.05) is 23.3 Å². The van der Waals surface area contributed by atoms with Gasteiger partial charge >= 0.3 is 0 Å². The van der Waals surface area contributed by atoms with Crippen molar-refractivity contribution in [2.24, 2.45) is 0 Å². The summed E-state index contributed by atoms with van der Waals surface area (Å²) in [6.45, 7) is 4.13. The lowest BCUT2D eigenvalue weighted by Gasteiger charge is -2.17. The van der Waals surface area contributed by atoms with E-state index in [9.17, 15) is 18.7 Å². The van der Waals surface area contributed by atoms with Gasteiger partial charge in [0.15, 0.2) is 5.78 Å². The fourth-order valence-corrected chi connectivity index (χ4v) is 3.03. The third-order valence-electron chi connectivity index (χ3n) is 4.57. The van der Waals surface area contributed by atoms with E-state index in [1.165, 1.54) is 25.1 Å². The molecule has 0 aliphatic heterocycles. The Kier molecular flexibility index (Phi) is 4.87. The summed E-state index contributed by atoms with van der Waals surface area (Å²) >= 11 is 0. The molecule has 0 aromatic heterocycles. The molecule has 0 radical (unpaired) electrons. The molecule has 0 heterocycles. The van der Waals surface area contributed by atoms with Crippen LogP contribution in [0.1, 0.15) is 40.9 Å². The molecule has 0 saturated heterocycles. The van der Waals surface area contributed by atoms with E-state index in [4.69, 9.17) is 4.74 Å². The molecule has 1 N–H and O–H groups in total. The molecule has 0 saturated carbocycles. The number of carbonyl (C=O) groups is 1. The molecule has 0 fully saturated rings. The summed E-state index contributed by atoms with van der Waals surface area (Å²) in [6, 6.07) is 12.9. The highest BCUT2D eigenvalue weighted by Crippen LogP contribution is 2.37. The van der Waals surface area contributed by atoms with Crippen LogP contribution in [0.25, 0.3) is 10.8 Å². The van der Waals surface area contributed by atoms with Gasteiger partial charge in [-0.2, -0.15) is 0 Å². The Labute approximate surface area is 156 Å². The second kappa shape index (κ2) is 6.99. The number of hydrogen-bond donors (Lipinski definition) is 1. The van der Waals surface area contributed by atoms with Crippen molar-refractivity contribution >= 4 is 16.6 Å². The van der Waals surface area contributed by atoms with Gasteiger partial charge in [-0.3, -0.25) is 4.79 Å². The second-order valence-electron chi connectivity index (χ2n) is 6.69. The number of aromatic hydroxyl groups is 1. The molecule has 3 nitrogen and oxygen atoms in total. The monoisotopic (exact) mass is 370 g/mol. The number of aryl methyl sites for hydroxylation is 1. The van der Waals surface area contributed by atoms with Crippen LogP contribution in [0, 0.1) is 6.92 Å². The van der Waals surface area contributed by atoms with Gasteiger partial charge in [0.1, 0.15) is 18.1 Å². The van der Waals surface area contributed by atoms with Crippen molar-refractivity contribution in [2.45, 2.75) is 33.3 Å². The number of fused-ring (bicyclic) bond motifs is 1. The Morgan fingerprint density at radius 3 is 2.37 bits per heavy atom. The summed E-state index contributed by atoms with van der Waals surface area (Å²) in [6.07, 6.45) is 0. The number of halogens is 2. The Bertz CT molecular complexity index is 1020. The third kappa shape index (κ3) is 3.77. The molecule has 0 amide bonds. The minimum atomic E-state index is -2.90. The van der Waals surface area contributed by atoms with Crippen LogP contribution in [-0.2, 0) is 12.5 Å². The lowest BCUT2D eigenvalue weighted by Crippen LogP contribution is -2.09. The van der Waals surface area contributed by atoms with E-state index in [2.05, 4.69) is 0 Å². The normalized spacial score (nSPS) is 11.6. The van der Waals surface area contributed by atoms with Crippen molar-refractivity contribution in [1.29, 1.82) is 0 Å². The number of ether oxygens (including phenoxy) is 1. The molecule has 0 aliphatic carbocycles. The van der Waals surface area contributed by atoms with Crippen LogP contribution in [0.3, 0.4) is 0 Å². The summed E-state index contributed by atoms with van der Waals surface area (Å²) in [5.41, 5.74) is 1.65. The first kappa shape index (κ1) is 18.8. The van der Waals surface area contributed by atoms with Gasteiger partial charge in [-0.1, -0.05) is 36.4 Å². The predicted octanol–water partition coefficient (Wildman–Crippen LogP) is 5.75. The topological polar surface area (TPSA) is 46.5 Å². The van der Waals surface area contributed by atoms with Crippen LogP contribution in [0.5, 0.6) is 11.5 Å². The molecule has 3 rings (SSSR count). The van der Waals surface area contributed by atoms with E-state index in [0.29, 0.717) is 22.1 Å². The van der Waals surface area contributed by atoms with Gasteiger partial charge in [-0.25, -0.2) is 8.78 Å². The molecule has 3 aromatic rings. The molecule has 0 unspecified atom stereocenters. The van der Waals surface area contributed by atoms with E-state index < -0.39 is 5.92 Å². The smallest absolute Gasteiger partial charge is 0.270 e. The lowest BCUT2D eigenvalue weighted by atomic mass is 10.0. The lowest BCUT2D eigenvalue weighted by molar-refractivity contribution is 0.0173. The van der Waals surface area contributed by atoms with Gasteiger partial charge in [-0.05, 0) is 37.1 Å². The summed E-state index contributed by atoms with van der Waals surface area (Å²) in [4.78, 5) is 12.0. The van der Waals surface area contributed by atoms with E-state index in [-0.39, 0.29) is 29.3 Å². The number of hydrogen-bond acceptors (Lipinski definition) is 3. The zero-order chi connectivity index (χ0) is 19.8. The van der Waals surface area contributed by atoms with Crippen LogP contribution in [-0.4, -0.2) is 10.9 Å². The zero-order valence-electron chi connectivity index (χ0n) is 15.3. The molecule has 5 heteroatoms. The van der Waals surface area contributed by atoms with Crippen LogP contribution < -0.4 is 4.74 Å². The highest BCUT2D eigenvalue weighted by atomic mass is 19.3. The quantitative estimate of drug-likeness (QED) is 0.582. The Hall–Kier alpha value is -2.95. The van der Waals surface area contributed by atoms with Crippen LogP contribution in [0.15, 0.2) is 48.5 Å². The summed E-state index contributed by atoms with van der Waals surface area (Å²) in [5, 5.41) is 11.4. The second-order valence-corrected chi connectivity index (χ2v) is 6.69. The number of phenolic OH excluding ortho intramolecular Hbond substituents is 1. The first-order valence-electron chi connectivity index (χ1n) is 8.54. The average molecular weight is 370 g/mol. The molecule has 140 valence electrons. The number of rotatable bonds is 5. The Morgan fingerprint density at radius 2 is 1.78 bits per heavy atom. The molecule has 27 heavy (non-hydrogen) atoms. The molecule has 0 bridgehead atoms. The van der Waals surface area contributed by atoms with Crippen LogP contribution in [0.4, 0.5) is 8.78 Å². The number of carbonyl (C=O) groups excluding carboxylic acids is 1. The molecular weight excluding hydrogens is 350 g/mol. The van der Waals surface area contributed by atoms with Gasteiger partial charge in [0.25, 0.3) is 5.92 Å². The van der Waals surface area contributed by atoms with E-state index in [1.807, 2.05) is 0 Å². The van der Waals surface area contributed by atoms with Crippen LogP contribution >= 0.6 is 0 Å².